The topological polar surface area (TPSA) is 78.4 Å². The molecule has 0 aromatic heterocycles. The molecule has 0 aliphatic rings. The van der Waals surface area contributed by atoms with Crippen LogP contribution in [0.25, 0.3) is 0 Å². The Morgan fingerprint density at radius 1 is 1.29 bits per heavy atom. The van der Waals surface area contributed by atoms with Gasteiger partial charge in [0.1, 0.15) is 0 Å². The monoisotopic (exact) mass is 224 g/mol. The summed E-state index contributed by atoms with van der Waals surface area (Å²) in [6, 6.07) is -0.107. The minimum atomic E-state index is -3.36. The van der Waals surface area contributed by atoms with Crippen molar-refractivity contribution in [1.82, 2.24) is 9.44 Å². The third-order valence-corrected chi connectivity index (χ3v) is 2.85. The van der Waals surface area contributed by atoms with E-state index in [2.05, 4.69) is 9.44 Å². The van der Waals surface area contributed by atoms with Crippen LogP contribution in [0, 0.1) is 0 Å². The van der Waals surface area contributed by atoms with E-state index < -0.39 is 10.2 Å². The molecule has 5 nitrogen and oxygen atoms in total. The van der Waals surface area contributed by atoms with Crippen LogP contribution in [-0.4, -0.2) is 32.2 Å². The van der Waals surface area contributed by atoms with Crippen molar-refractivity contribution in [3.05, 3.63) is 0 Å². The van der Waals surface area contributed by atoms with Gasteiger partial charge in [-0.3, -0.25) is 0 Å². The Labute approximate surface area is 86.1 Å². The van der Waals surface area contributed by atoms with E-state index in [0.717, 1.165) is 0 Å². The molecular formula is C8H20N2O3S. The Kier molecular flexibility index (Phi) is 6.26. The molecule has 0 aliphatic heterocycles. The molecule has 0 fully saturated rings. The van der Waals surface area contributed by atoms with Gasteiger partial charge in [-0.05, 0) is 33.6 Å². The van der Waals surface area contributed by atoms with E-state index in [1.165, 1.54) is 0 Å². The number of nitrogens with one attached hydrogen (secondary N) is 2. The number of hydrogen-bond acceptors (Lipinski definition) is 3. The van der Waals surface area contributed by atoms with E-state index in [0.29, 0.717) is 19.4 Å². The van der Waals surface area contributed by atoms with Gasteiger partial charge in [-0.2, -0.15) is 13.1 Å². The Morgan fingerprint density at radius 2 is 1.86 bits per heavy atom. The molecule has 0 heterocycles. The highest BCUT2D eigenvalue weighted by atomic mass is 32.2. The Morgan fingerprint density at radius 3 is 2.29 bits per heavy atom. The fourth-order valence-electron chi connectivity index (χ4n) is 0.956. The fourth-order valence-corrected chi connectivity index (χ4v) is 2.07. The average Bonchev–Trinajstić information content (AvgIpc) is 1.95. The zero-order chi connectivity index (χ0) is 11.2. The van der Waals surface area contributed by atoms with Crippen LogP contribution in [0.15, 0.2) is 0 Å². The van der Waals surface area contributed by atoms with E-state index in [-0.39, 0.29) is 12.1 Å². The molecular weight excluding hydrogens is 204 g/mol. The third-order valence-electron chi connectivity index (χ3n) is 1.48. The first-order valence-electron chi connectivity index (χ1n) is 4.78. The summed E-state index contributed by atoms with van der Waals surface area (Å²) in [4.78, 5) is 0. The number of aliphatic hydroxyl groups is 1. The van der Waals surface area contributed by atoms with Crippen molar-refractivity contribution in [2.75, 3.05) is 6.54 Å². The molecule has 86 valence electrons. The second kappa shape index (κ2) is 6.34. The minimum absolute atomic E-state index is 0.107. The van der Waals surface area contributed by atoms with Crippen LogP contribution in [-0.2, 0) is 10.2 Å². The Hall–Kier alpha value is -0.170. The predicted molar refractivity (Wildman–Crippen MR) is 56.1 cm³/mol. The van der Waals surface area contributed by atoms with Crippen LogP contribution in [0.1, 0.15) is 33.6 Å². The zero-order valence-electron chi connectivity index (χ0n) is 8.95. The summed E-state index contributed by atoms with van der Waals surface area (Å²) in [5.74, 6) is 0. The summed E-state index contributed by atoms with van der Waals surface area (Å²) < 4.78 is 27.2. The standard InChI is InChI=1S/C8H20N2O3S/c1-7(2)10-14(12,13)9-6-4-5-8(3)11/h7-11H,4-6H2,1-3H3. The molecule has 6 heteroatoms. The van der Waals surface area contributed by atoms with Gasteiger partial charge in [0.05, 0.1) is 6.10 Å². The summed E-state index contributed by atoms with van der Waals surface area (Å²) in [7, 11) is -3.36. The molecule has 1 atom stereocenters. The Balaban J connectivity index is 3.67. The number of rotatable bonds is 7. The molecule has 0 bridgehead atoms. The van der Waals surface area contributed by atoms with Crippen LogP contribution in [0.4, 0.5) is 0 Å². The molecule has 0 aromatic rings. The van der Waals surface area contributed by atoms with Gasteiger partial charge in [-0.15, -0.1) is 0 Å². The highest BCUT2D eigenvalue weighted by molar-refractivity contribution is 7.87. The van der Waals surface area contributed by atoms with Gasteiger partial charge in [0.2, 0.25) is 0 Å². The smallest absolute Gasteiger partial charge is 0.277 e. The van der Waals surface area contributed by atoms with Gasteiger partial charge in [0, 0.05) is 12.6 Å². The summed E-state index contributed by atoms with van der Waals surface area (Å²) >= 11 is 0. The number of hydrogen-bond donors (Lipinski definition) is 3. The first-order chi connectivity index (χ1) is 6.33. The molecule has 0 radical (unpaired) electrons. The van der Waals surface area contributed by atoms with Crippen molar-refractivity contribution in [2.45, 2.75) is 45.8 Å². The molecule has 3 N–H and O–H groups in total. The normalized spacial score (nSPS) is 14.6. The van der Waals surface area contributed by atoms with Crippen molar-refractivity contribution in [3.8, 4) is 0 Å². The molecule has 0 amide bonds. The molecule has 0 saturated heterocycles. The lowest BCUT2D eigenvalue weighted by Gasteiger charge is -2.10. The van der Waals surface area contributed by atoms with Gasteiger partial charge in [0.15, 0.2) is 0 Å². The maximum Gasteiger partial charge on any atom is 0.277 e. The highest BCUT2D eigenvalue weighted by Crippen LogP contribution is 1.94. The quantitative estimate of drug-likeness (QED) is 0.532. The molecule has 14 heavy (non-hydrogen) atoms. The lowest BCUT2D eigenvalue weighted by atomic mass is 10.2. The van der Waals surface area contributed by atoms with E-state index in [9.17, 15) is 8.42 Å². The van der Waals surface area contributed by atoms with Crippen LogP contribution in [0.5, 0.6) is 0 Å². The molecule has 0 rings (SSSR count). The van der Waals surface area contributed by atoms with Gasteiger partial charge >= 0.3 is 0 Å². The Bertz CT molecular complexity index is 237. The van der Waals surface area contributed by atoms with Gasteiger partial charge in [-0.1, -0.05) is 0 Å². The SMILES string of the molecule is CC(O)CCCNS(=O)(=O)NC(C)C. The first kappa shape index (κ1) is 13.8. The van der Waals surface area contributed by atoms with E-state index in [4.69, 9.17) is 5.11 Å². The van der Waals surface area contributed by atoms with E-state index in [1.807, 2.05) is 0 Å². The van der Waals surface area contributed by atoms with Crippen molar-refractivity contribution < 1.29 is 13.5 Å². The summed E-state index contributed by atoms with van der Waals surface area (Å²) in [6.07, 6.45) is 0.860. The van der Waals surface area contributed by atoms with Crippen molar-refractivity contribution in [3.63, 3.8) is 0 Å². The molecule has 1 unspecified atom stereocenters. The van der Waals surface area contributed by atoms with Crippen LogP contribution in [0.3, 0.4) is 0 Å². The molecule has 0 aliphatic carbocycles. The lowest BCUT2D eigenvalue weighted by molar-refractivity contribution is 0.182. The lowest BCUT2D eigenvalue weighted by Crippen LogP contribution is -2.40. The van der Waals surface area contributed by atoms with Crippen molar-refractivity contribution in [1.29, 1.82) is 0 Å². The van der Waals surface area contributed by atoms with Crippen LogP contribution < -0.4 is 9.44 Å². The largest absolute Gasteiger partial charge is 0.393 e. The molecule has 0 saturated carbocycles. The third kappa shape index (κ3) is 8.43. The summed E-state index contributed by atoms with van der Waals surface area (Å²) in [5, 5.41) is 8.93. The van der Waals surface area contributed by atoms with Gasteiger partial charge < -0.3 is 5.11 Å². The maximum absolute atomic E-state index is 11.2. The van der Waals surface area contributed by atoms with E-state index in [1.54, 1.807) is 20.8 Å². The fraction of sp³-hybridized carbons (Fsp3) is 1.00. The first-order valence-corrected chi connectivity index (χ1v) is 6.27. The predicted octanol–water partition coefficient (Wildman–Crippen LogP) is -0.0202. The van der Waals surface area contributed by atoms with E-state index >= 15 is 0 Å². The second-order valence-corrected chi connectivity index (χ2v) is 5.19. The maximum atomic E-state index is 11.2. The van der Waals surface area contributed by atoms with Crippen molar-refractivity contribution in [2.24, 2.45) is 0 Å². The number of aliphatic hydroxyl groups excluding tert-OH is 1. The average molecular weight is 224 g/mol. The van der Waals surface area contributed by atoms with Gasteiger partial charge in [0.25, 0.3) is 10.2 Å². The van der Waals surface area contributed by atoms with Crippen LogP contribution in [0.2, 0.25) is 0 Å². The zero-order valence-corrected chi connectivity index (χ0v) is 9.76. The molecule has 0 aromatic carbocycles. The summed E-state index contributed by atoms with van der Waals surface area (Å²) in [5.41, 5.74) is 0. The highest BCUT2D eigenvalue weighted by Gasteiger charge is 2.09. The van der Waals surface area contributed by atoms with Crippen LogP contribution >= 0.6 is 0 Å². The molecule has 0 spiro atoms. The summed E-state index contributed by atoms with van der Waals surface area (Å²) in [6.45, 7) is 5.55. The van der Waals surface area contributed by atoms with Crippen molar-refractivity contribution >= 4 is 10.2 Å². The second-order valence-electron chi connectivity index (χ2n) is 3.66. The van der Waals surface area contributed by atoms with Gasteiger partial charge in [-0.25, -0.2) is 4.72 Å². The minimum Gasteiger partial charge on any atom is -0.393 e.